The average molecular weight is 437 g/mol. The van der Waals surface area contributed by atoms with Gasteiger partial charge in [-0.25, -0.2) is 4.79 Å². The van der Waals surface area contributed by atoms with Gasteiger partial charge in [-0.3, -0.25) is 14.5 Å². The number of methoxy groups -OCH3 is 1. The van der Waals surface area contributed by atoms with Crippen LogP contribution < -0.4 is 20.1 Å². The maximum atomic E-state index is 12.7. The van der Waals surface area contributed by atoms with Gasteiger partial charge < -0.3 is 20.1 Å². The number of rotatable bonds is 8. The summed E-state index contributed by atoms with van der Waals surface area (Å²) >= 11 is 0. The number of ether oxygens (including phenoxy) is 2. The summed E-state index contributed by atoms with van der Waals surface area (Å²) in [4.78, 5) is 38.3. The van der Waals surface area contributed by atoms with Crippen molar-refractivity contribution in [3.63, 3.8) is 0 Å². The number of carbonyl (C=O) groups is 3. The van der Waals surface area contributed by atoms with Crippen LogP contribution in [0.15, 0.2) is 48.5 Å². The van der Waals surface area contributed by atoms with Crippen LogP contribution in [-0.4, -0.2) is 41.9 Å². The molecule has 1 spiro atoms. The molecule has 2 aliphatic rings. The molecule has 2 fully saturated rings. The molecule has 4 amide bonds. The molecule has 0 aromatic heterocycles. The van der Waals surface area contributed by atoms with E-state index >= 15 is 0 Å². The second-order valence-corrected chi connectivity index (χ2v) is 8.15. The number of nitrogens with one attached hydrogen (secondary N) is 2. The van der Waals surface area contributed by atoms with Gasteiger partial charge in [0.25, 0.3) is 5.91 Å². The van der Waals surface area contributed by atoms with E-state index in [9.17, 15) is 14.4 Å². The van der Waals surface area contributed by atoms with E-state index in [1.54, 1.807) is 19.2 Å². The first-order valence-electron chi connectivity index (χ1n) is 10.8. The Balaban J connectivity index is 1.31. The van der Waals surface area contributed by atoms with Gasteiger partial charge in [0.2, 0.25) is 5.91 Å². The number of urea groups is 1. The summed E-state index contributed by atoms with van der Waals surface area (Å²) in [6, 6.07) is 14.8. The number of carbonyl (C=O) groups excluding carboxylic acids is 3. The zero-order valence-electron chi connectivity index (χ0n) is 18.1. The molecule has 0 atom stereocenters. The lowest BCUT2D eigenvalue weighted by Gasteiger charge is -2.19. The lowest BCUT2D eigenvalue weighted by Crippen LogP contribution is -2.45. The lowest BCUT2D eigenvalue weighted by atomic mass is 9.98. The molecule has 0 unspecified atom stereocenters. The molecule has 2 aromatic rings. The quantitative estimate of drug-likeness (QED) is 0.619. The number of hydrogen-bond acceptors (Lipinski definition) is 5. The molecule has 2 aromatic carbocycles. The number of imide groups is 1. The van der Waals surface area contributed by atoms with Gasteiger partial charge in [0, 0.05) is 6.54 Å². The fraction of sp³-hybridized carbons (Fsp3) is 0.375. The van der Waals surface area contributed by atoms with Crippen molar-refractivity contribution in [3.05, 3.63) is 59.7 Å². The Morgan fingerprint density at radius 3 is 2.53 bits per heavy atom. The predicted molar refractivity (Wildman–Crippen MR) is 117 cm³/mol. The summed E-state index contributed by atoms with van der Waals surface area (Å²) in [6.45, 7) is 0.367. The molecule has 0 radical (unpaired) electrons. The van der Waals surface area contributed by atoms with Gasteiger partial charge >= 0.3 is 6.03 Å². The van der Waals surface area contributed by atoms with E-state index in [1.807, 2.05) is 36.4 Å². The summed E-state index contributed by atoms with van der Waals surface area (Å²) in [5.41, 5.74) is 1.05. The van der Waals surface area contributed by atoms with Gasteiger partial charge in [-0.2, -0.15) is 0 Å². The molecule has 8 nitrogen and oxygen atoms in total. The first-order chi connectivity index (χ1) is 15.5. The predicted octanol–water partition coefficient (Wildman–Crippen LogP) is 2.75. The van der Waals surface area contributed by atoms with E-state index in [2.05, 4.69) is 10.6 Å². The molecule has 1 aliphatic heterocycles. The third-order valence-electron chi connectivity index (χ3n) is 5.96. The molecule has 1 saturated carbocycles. The van der Waals surface area contributed by atoms with Gasteiger partial charge in [0.15, 0.2) is 11.5 Å². The van der Waals surface area contributed by atoms with E-state index in [1.165, 1.54) is 0 Å². The molecule has 1 heterocycles. The fourth-order valence-corrected chi connectivity index (χ4v) is 4.21. The molecule has 4 rings (SSSR count). The molecule has 8 heteroatoms. The van der Waals surface area contributed by atoms with Crippen LogP contribution in [0.2, 0.25) is 0 Å². The summed E-state index contributed by atoms with van der Waals surface area (Å²) in [6.07, 6.45) is 3.07. The van der Waals surface area contributed by atoms with Crippen molar-refractivity contribution in [1.29, 1.82) is 0 Å². The highest BCUT2D eigenvalue weighted by Gasteiger charge is 2.52. The third-order valence-corrected chi connectivity index (χ3v) is 5.96. The number of hydrogen-bond donors (Lipinski definition) is 2. The highest BCUT2D eigenvalue weighted by molar-refractivity contribution is 6.09. The Kier molecular flexibility index (Phi) is 6.30. The van der Waals surface area contributed by atoms with Crippen molar-refractivity contribution in [2.45, 2.75) is 44.4 Å². The van der Waals surface area contributed by atoms with Crippen molar-refractivity contribution in [1.82, 2.24) is 15.5 Å². The van der Waals surface area contributed by atoms with Crippen LogP contribution >= 0.6 is 0 Å². The van der Waals surface area contributed by atoms with Crippen LogP contribution in [0, 0.1) is 0 Å². The molecule has 1 aliphatic carbocycles. The highest BCUT2D eigenvalue weighted by atomic mass is 16.5. The SMILES string of the molecule is COc1cc(CNC(=O)CN2C(=O)NC3(CCCC3)C2=O)ccc1OCc1ccccc1. The minimum Gasteiger partial charge on any atom is -0.493 e. The Hall–Kier alpha value is -3.55. The van der Waals surface area contributed by atoms with Crippen molar-refractivity contribution in [2.75, 3.05) is 13.7 Å². The maximum Gasteiger partial charge on any atom is 0.325 e. The second kappa shape index (κ2) is 9.30. The van der Waals surface area contributed by atoms with Crippen LogP contribution in [-0.2, 0) is 22.7 Å². The lowest BCUT2D eigenvalue weighted by molar-refractivity contribution is -0.134. The number of amides is 4. The van der Waals surface area contributed by atoms with Crippen molar-refractivity contribution >= 4 is 17.8 Å². The fourth-order valence-electron chi connectivity index (χ4n) is 4.21. The van der Waals surface area contributed by atoms with Crippen LogP contribution in [0.5, 0.6) is 11.5 Å². The smallest absolute Gasteiger partial charge is 0.325 e. The maximum absolute atomic E-state index is 12.7. The van der Waals surface area contributed by atoms with Crippen LogP contribution in [0.25, 0.3) is 0 Å². The molecular weight excluding hydrogens is 410 g/mol. The van der Waals surface area contributed by atoms with E-state index < -0.39 is 17.5 Å². The number of benzene rings is 2. The van der Waals surface area contributed by atoms with Crippen LogP contribution in [0.1, 0.15) is 36.8 Å². The van der Waals surface area contributed by atoms with E-state index in [0.717, 1.165) is 28.9 Å². The second-order valence-electron chi connectivity index (χ2n) is 8.15. The Labute approximate surface area is 186 Å². The van der Waals surface area contributed by atoms with Gasteiger partial charge in [-0.1, -0.05) is 49.2 Å². The minimum atomic E-state index is -0.805. The molecule has 1 saturated heterocycles. The van der Waals surface area contributed by atoms with Crippen LogP contribution in [0.4, 0.5) is 4.79 Å². The molecule has 32 heavy (non-hydrogen) atoms. The van der Waals surface area contributed by atoms with Gasteiger partial charge in [-0.15, -0.1) is 0 Å². The third kappa shape index (κ3) is 4.54. The zero-order valence-corrected chi connectivity index (χ0v) is 18.1. The Morgan fingerprint density at radius 1 is 1.06 bits per heavy atom. The van der Waals surface area contributed by atoms with Crippen LogP contribution in [0.3, 0.4) is 0 Å². The van der Waals surface area contributed by atoms with E-state index in [0.29, 0.717) is 30.9 Å². The number of nitrogens with zero attached hydrogens (tertiary/aromatic N) is 1. The Bertz CT molecular complexity index is 1000. The zero-order chi connectivity index (χ0) is 22.6. The first-order valence-corrected chi connectivity index (χ1v) is 10.8. The highest BCUT2D eigenvalue weighted by Crippen LogP contribution is 2.35. The van der Waals surface area contributed by atoms with Crippen molar-refractivity contribution in [2.24, 2.45) is 0 Å². The summed E-state index contributed by atoms with van der Waals surface area (Å²) < 4.78 is 11.3. The minimum absolute atomic E-state index is 0.239. The summed E-state index contributed by atoms with van der Waals surface area (Å²) in [5.74, 6) is 0.473. The normalized spacial score (nSPS) is 16.8. The average Bonchev–Trinajstić information content (AvgIpc) is 3.37. The van der Waals surface area contributed by atoms with Gasteiger partial charge in [0.05, 0.1) is 7.11 Å². The van der Waals surface area contributed by atoms with Gasteiger partial charge in [-0.05, 0) is 36.1 Å². The first kappa shape index (κ1) is 21.7. The topological polar surface area (TPSA) is 97.0 Å². The molecular formula is C24H27N3O5. The van der Waals surface area contributed by atoms with Crippen molar-refractivity contribution in [3.8, 4) is 11.5 Å². The van der Waals surface area contributed by atoms with Crippen molar-refractivity contribution < 1.29 is 23.9 Å². The monoisotopic (exact) mass is 437 g/mol. The van der Waals surface area contributed by atoms with E-state index in [-0.39, 0.29) is 19.0 Å². The molecule has 0 bridgehead atoms. The Morgan fingerprint density at radius 2 is 1.81 bits per heavy atom. The van der Waals surface area contributed by atoms with Gasteiger partial charge in [0.1, 0.15) is 18.7 Å². The largest absolute Gasteiger partial charge is 0.493 e. The molecule has 2 N–H and O–H groups in total. The molecule has 168 valence electrons. The van der Waals surface area contributed by atoms with E-state index in [4.69, 9.17) is 9.47 Å². The summed E-state index contributed by atoms with van der Waals surface area (Å²) in [7, 11) is 1.56. The summed E-state index contributed by atoms with van der Waals surface area (Å²) in [5, 5.41) is 5.55. The standard InChI is InChI=1S/C24H27N3O5/c1-31-20-13-18(9-10-19(20)32-16-17-7-3-2-4-8-17)14-25-21(28)15-27-22(29)24(26-23(27)30)11-5-6-12-24/h2-4,7-10,13H,5-6,11-12,14-16H2,1H3,(H,25,28)(H,26,30).